The number of hydrogen-bond donors (Lipinski definition) is 3. The Bertz CT molecular complexity index is 579. The van der Waals surface area contributed by atoms with Crippen molar-refractivity contribution in [3.63, 3.8) is 0 Å². The quantitative estimate of drug-likeness (QED) is 0.526. The van der Waals surface area contributed by atoms with Gasteiger partial charge >= 0.3 is 0 Å². The van der Waals surface area contributed by atoms with Crippen molar-refractivity contribution in [1.29, 1.82) is 0 Å². The smallest absolute Gasteiger partial charge is 0.249 e. The second kappa shape index (κ2) is 8.99. The number of carbonyl (C=O) groups excluding carboxylic acids is 2. The van der Waals surface area contributed by atoms with Crippen molar-refractivity contribution in [3.05, 3.63) is 29.8 Å². The lowest BCUT2D eigenvalue weighted by molar-refractivity contribution is -0.133. The van der Waals surface area contributed by atoms with Gasteiger partial charge in [0.15, 0.2) is 0 Å². The molecule has 1 unspecified atom stereocenters. The first-order valence-electron chi connectivity index (χ1n) is 9.60. The summed E-state index contributed by atoms with van der Waals surface area (Å²) in [4.78, 5) is 23.0. The normalized spacial score (nSPS) is 21.8. The Kier molecular flexibility index (Phi) is 6.45. The lowest BCUT2D eigenvalue weighted by atomic mass is 9.92. The number of hydrogen-bond acceptors (Lipinski definition) is 4. The minimum atomic E-state index is -0.312. The molecule has 5 heteroatoms. The van der Waals surface area contributed by atoms with Crippen molar-refractivity contribution in [2.45, 2.75) is 57.4 Å². The van der Waals surface area contributed by atoms with Crippen molar-refractivity contribution in [2.24, 2.45) is 5.92 Å². The second-order valence-electron chi connectivity index (χ2n) is 7.28. The highest BCUT2D eigenvalue weighted by Gasteiger charge is 2.26. The molecule has 1 atom stereocenters. The Labute approximate surface area is 150 Å². The highest BCUT2D eigenvalue weighted by Crippen LogP contribution is 2.20. The number of piperidine rings is 2. The van der Waals surface area contributed by atoms with Crippen molar-refractivity contribution >= 4 is 17.5 Å². The van der Waals surface area contributed by atoms with Crippen LogP contribution in [0, 0.1) is 5.92 Å². The first-order valence-corrected chi connectivity index (χ1v) is 9.60. The van der Waals surface area contributed by atoms with Crippen LogP contribution in [0.3, 0.4) is 0 Å². The predicted octanol–water partition coefficient (Wildman–Crippen LogP) is 2.62. The zero-order chi connectivity index (χ0) is 17.5. The Balaban J connectivity index is 1.38. The van der Waals surface area contributed by atoms with Gasteiger partial charge in [-0.2, -0.15) is 0 Å². The summed E-state index contributed by atoms with van der Waals surface area (Å²) in [5.74, 6) is 0.516. The van der Waals surface area contributed by atoms with E-state index in [9.17, 15) is 9.59 Å². The molecule has 2 heterocycles. The molecule has 0 saturated carbocycles. The summed E-state index contributed by atoms with van der Waals surface area (Å²) in [6.45, 7) is 2.37. The van der Waals surface area contributed by atoms with E-state index in [4.69, 9.17) is 0 Å². The van der Waals surface area contributed by atoms with Crippen molar-refractivity contribution in [2.75, 3.05) is 18.4 Å². The third-order valence-electron chi connectivity index (χ3n) is 5.32. The molecule has 2 aliphatic rings. The standard InChI is InChI=1S/C20H29N3O2/c24-19-10-9-18(20(25)23-19)22-17-7-5-15(6-8-17)3-1-2-4-16-11-13-21-14-12-16/h5-8,16,18,21-22H,1-4,9-14H2,(H,23,24,25). The molecular formula is C20H29N3O2. The fourth-order valence-corrected chi connectivity index (χ4v) is 3.73. The van der Waals surface area contributed by atoms with Crippen molar-refractivity contribution in [1.82, 2.24) is 10.6 Å². The zero-order valence-corrected chi connectivity index (χ0v) is 14.9. The third-order valence-corrected chi connectivity index (χ3v) is 5.32. The number of aryl methyl sites for hydroxylation is 1. The summed E-state index contributed by atoms with van der Waals surface area (Å²) in [5, 5.41) is 9.02. The molecule has 2 amide bonds. The number of unbranched alkanes of at least 4 members (excludes halogenated alkanes) is 1. The molecule has 1 aromatic rings. The molecule has 136 valence electrons. The Hall–Kier alpha value is -1.88. The molecule has 0 spiro atoms. The van der Waals surface area contributed by atoms with E-state index in [1.165, 1.54) is 50.8 Å². The van der Waals surface area contributed by atoms with E-state index in [0.717, 1.165) is 18.0 Å². The van der Waals surface area contributed by atoms with Crippen LogP contribution in [-0.4, -0.2) is 30.9 Å². The van der Waals surface area contributed by atoms with Crippen molar-refractivity contribution in [3.8, 4) is 0 Å². The molecule has 5 nitrogen and oxygen atoms in total. The molecule has 1 aromatic carbocycles. The fraction of sp³-hybridized carbons (Fsp3) is 0.600. The number of imide groups is 1. The van der Waals surface area contributed by atoms with E-state index in [0.29, 0.717) is 12.8 Å². The summed E-state index contributed by atoms with van der Waals surface area (Å²) >= 11 is 0. The van der Waals surface area contributed by atoms with Crippen LogP contribution >= 0.6 is 0 Å². The van der Waals surface area contributed by atoms with Crippen LogP contribution in [0.5, 0.6) is 0 Å². The van der Waals surface area contributed by atoms with Gasteiger partial charge in [-0.25, -0.2) is 0 Å². The summed E-state index contributed by atoms with van der Waals surface area (Å²) in [7, 11) is 0. The van der Waals surface area contributed by atoms with Crippen LogP contribution in [0.1, 0.15) is 50.5 Å². The maximum Gasteiger partial charge on any atom is 0.249 e. The van der Waals surface area contributed by atoms with Crippen LogP contribution in [0.4, 0.5) is 5.69 Å². The number of rotatable bonds is 7. The van der Waals surface area contributed by atoms with Gasteiger partial charge in [0.25, 0.3) is 0 Å². The third kappa shape index (κ3) is 5.56. The SMILES string of the molecule is O=C1CCC(Nc2ccc(CCCCC3CCNCC3)cc2)C(=O)N1. The molecule has 0 aromatic heterocycles. The highest BCUT2D eigenvalue weighted by molar-refractivity contribution is 6.01. The van der Waals surface area contributed by atoms with E-state index in [2.05, 4.69) is 28.1 Å². The summed E-state index contributed by atoms with van der Waals surface area (Å²) in [6.07, 6.45) is 8.65. The lowest BCUT2D eigenvalue weighted by Gasteiger charge is -2.23. The topological polar surface area (TPSA) is 70.2 Å². The fourth-order valence-electron chi connectivity index (χ4n) is 3.73. The Morgan fingerprint density at radius 3 is 2.48 bits per heavy atom. The number of benzene rings is 1. The minimum absolute atomic E-state index is 0.178. The van der Waals surface area contributed by atoms with Gasteiger partial charge in [-0.1, -0.05) is 25.0 Å². The monoisotopic (exact) mass is 343 g/mol. The van der Waals surface area contributed by atoms with Gasteiger partial charge in [-0.05, 0) is 68.8 Å². The number of nitrogens with one attached hydrogen (secondary N) is 3. The molecule has 3 rings (SSSR count). The minimum Gasteiger partial charge on any atom is -0.374 e. The average molecular weight is 343 g/mol. The van der Waals surface area contributed by atoms with E-state index in [-0.39, 0.29) is 17.9 Å². The summed E-state index contributed by atoms with van der Waals surface area (Å²) < 4.78 is 0. The average Bonchev–Trinajstić information content (AvgIpc) is 2.63. The molecule has 0 aliphatic carbocycles. The van der Waals surface area contributed by atoms with Crippen LogP contribution in [0.25, 0.3) is 0 Å². The van der Waals surface area contributed by atoms with E-state index < -0.39 is 0 Å². The van der Waals surface area contributed by atoms with Gasteiger partial charge in [0, 0.05) is 12.1 Å². The Morgan fingerprint density at radius 2 is 1.76 bits per heavy atom. The second-order valence-corrected chi connectivity index (χ2v) is 7.28. The molecule has 2 saturated heterocycles. The van der Waals surface area contributed by atoms with E-state index in [1.807, 2.05) is 12.1 Å². The summed E-state index contributed by atoms with van der Waals surface area (Å²) in [6, 6.07) is 8.03. The molecule has 2 aliphatic heterocycles. The molecule has 3 N–H and O–H groups in total. The predicted molar refractivity (Wildman–Crippen MR) is 99.4 cm³/mol. The van der Waals surface area contributed by atoms with Crippen molar-refractivity contribution < 1.29 is 9.59 Å². The molecular weight excluding hydrogens is 314 g/mol. The molecule has 2 fully saturated rings. The van der Waals surface area contributed by atoms with E-state index >= 15 is 0 Å². The highest BCUT2D eigenvalue weighted by atomic mass is 16.2. The first kappa shape index (κ1) is 17.9. The summed E-state index contributed by atoms with van der Waals surface area (Å²) in [5.41, 5.74) is 2.28. The Morgan fingerprint density at radius 1 is 1.00 bits per heavy atom. The van der Waals surface area contributed by atoms with Gasteiger partial charge < -0.3 is 10.6 Å². The number of carbonyl (C=O) groups is 2. The van der Waals surface area contributed by atoms with Crippen LogP contribution < -0.4 is 16.0 Å². The van der Waals surface area contributed by atoms with Crippen LogP contribution in [0.2, 0.25) is 0 Å². The maximum absolute atomic E-state index is 11.8. The molecule has 0 radical (unpaired) electrons. The number of amides is 2. The number of anilines is 1. The largest absolute Gasteiger partial charge is 0.374 e. The van der Waals surface area contributed by atoms with Gasteiger partial charge in [0.05, 0.1) is 0 Å². The van der Waals surface area contributed by atoms with Gasteiger partial charge in [0.2, 0.25) is 11.8 Å². The van der Waals surface area contributed by atoms with Crippen LogP contribution in [0.15, 0.2) is 24.3 Å². The van der Waals surface area contributed by atoms with Crippen LogP contribution in [-0.2, 0) is 16.0 Å². The van der Waals surface area contributed by atoms with Gasteiger partial charge in [-0.3, -0.25) is 14.9 Å². The molecule has 25 heavy (non-hydrogen) atoms. The van der Waals surface area contributed by atoms with E-state index in [1.54, 1.807) is 0 Å². The lowest BCUT2D eigenvalue weighted by Crippen LogP contribution is -2.47. The first-order chi connectivity index (χ1) is 12.2. The molecule has 0 bridgehead atoms. The van der Waals surface area contributed by atoms with Gasteiger partial charge in [-0.15, -0.1) is 0 Å². The zero-order valence-electron chi connectivity index (χ0n) is 14.9. The maximum atomic E-state index is 11.8. The van der Waals surface area contributed by atoms with Gasteiger partial charge in [0.1, 0.15) is 6.04 Å².